The van der Waals surface area contributed by atoms with Crippen LogP contribution >= 0.6 is 0 Å². The van der Waals surface area contributed by atoms with Crippen molar-refractivity contribution >= 4 is 53.9 Å². The van der Waals surface area contributed by atoms with E-state index in [1.807, 2.05) is 140 Å². The summed E-state index contributed by atoms with van der Waals surface area (Å²) in [7, 11) is -7.19. The number of hydrogen-bond donors (Lipinski definition) is 0. The Morgan fingerprint density at radius 2 is 1.12 bits per heavy atom. The molecule has 7 rings (SSSR count). The van der Waals surface area contributed by atoms with E-state index in [4.69, 9.17) is 44.5 Å². The van der Waals surface area contributed by atoms with Gasteiger partial charge >= 0.3 is 0 Å². The molecule has 0 aliphatic heterocycles. The molecular formula is C64H80N8O10S2. The monoisotopic (exact) mass is 1180 g/mol. The average Bonchev–Trinajstić information content (AvgIpc) is 4.03. The van der Waals surface area contributed by atoms with Crippen molar-refractivity contribution in [2.24, 2.45) is 5.11 Å². The topological polar surface area (TPSA) is 230 Å². The van der Waals surface area contributed by atoms with Crippen molar-refractivity contribution in [3.05, 3.63) is 191 Å². The molecule has 0 unspecified atom stereocenters. The van der Waals surface area contributed by atoms with E-state index in [9.17, 15) is 16.8 Å². The van der Waals surface area contributed by atoms with Crippen LogP contribution in [0.4, 0.5) is 0 Å². The number of terminal acetylenes is 1. The summed E-state index contributed by atoms with van der Waals surface area (Å²) < 4.78 is 81.3. The summed E-state index contributed by atoms with van der Waals surface area (Å²) in [6.07, 6.45) is 12.0. The Bertz CT molecular complexity index is 3350. The van der Waals surface area contributed by atoms with Crippen LogP contribution < -0.4 is 9.47 Å². The van der Waals surface area contributed by atoms with Gasteiger partial charge in [-0.3, -0.25) is 13.0 Å². The van der Waals surface area contributed by atoms with Gasteiger partial charge in [-0.25, -0.2) is 0 Å². The van der Waals surface area contributed by atoms with Crippen LogP contribution in [0.15, 0.2) is 158 Å². The fraction of sp³-hybridized carbons (Fsp3) is 0.359. The minimum atomic E-state index is -3.62. The zero-order valence-corrected chi connectivity index (χ0v) is 50.5. The summed E-state index contributed by atoms with van der Waals surface area (Å²) in [5.74, 6) is 3.67. The first kappa shape index (κ1) is 70.4. The lowest BCUT2D eigenvalue weighted by Crippen LogP contribution is -2.21. The summed E-state index contributed by atoms with van der Waals surface area (Å²) in [6, 6.07) is 45.4. The molecule has 18 nitrogen and oxygen atoms in total. The molecule has 0 radical (unpaired) electrons. The molecular weight excluding hydrogens is 1100 g/mol. The highest BCUT2D eigenvalue weighted by molar-refractivity contribution is 7.86. The number of rotatable bonds is 32. The number of azide groups is 1. The van der Waals surface area contributed by atoms with E-state index in [2.05, 4.69) is 65.1 Å². The molecule has 84 heavy (non-hydrogen) atoms. The lowest BCUT2D eigenvalue weighted by Gasteiger charge is -2.13. The predicted molar refractivity (Wildman–Crippen MR) is 336 cm³/mol. The molecule has 0 amide bonds. The normalized spacial score (nSPS) is 10.7. The minimum Gasteiger partial charge on any atom is -0.493 e. The summed E-state index contributed by atoms with van der Waals surface area (Å²) in [6.45, 7) is 22.2. The Morgan fingerprint density at radius 3 is 1.56 bits per heavy atom. The van der Waals surface area contributed by atoms with E-state index in [0.29, 0.717) is 71.1 Å². The molecule has 448 valence electrons. The molecule has 0 aliphatic carbocycles. The number of ether oxygens (including phenoxy) is 4. The minimum absolute atomic E-state index is 0.0669. The van der Waals surface area contributed by atoms with Gasteiger partial charge < -0.3 is 23.8 Å². The summed E-state index contributed by atoms with van der Waals surface area (Å²) in [4.78, 5) is 4.94. The number of nitrogens with zero attached hydrogens (tertiary/aromatic N) is 8. The molecule has 7 aromatic rings. The van der Waals surface area contributed by atoms with Crippen LogP contribution in [-0.2, 0) is 64.4 Å². The van der Waals surface area contributed by atoms with E-state index in [0.717, 1.165) is 55.3 Å². The van der Waals surface area contributed by atoms with Crippen molar-refractivity contribution in [3.8, 4) is 29.9 Å². The van der Waals surface area contributed by atoms with Crippen LogP contribution in [0.3, 0.4) is 0 Å². The van der Waals surface area contributed by atoms with Crippen LogP contribution in [-0.4, -0.2) is 107 Å². The highest BCUT2D eigenvalue weighted by Gasteiger charge is 2.13. The van der Waals surface area contributed by atoms with Crippen molar-refractivity contribution in [1.82, 2.24) is 19.9 Å². The third-order valence-electron chi connectivity index (χ3n) is 11.9. The first-order chi connectivity index (χ1) is 40.7. The van der Waals surface area contributed by atoms with Crippen molar-refractivity contribution in [3.63, 3.8) is 0 Å². The first-order valence-electron chi connectivity index (χ1n) is 27.7. The van der Waals surface area contributed by atoms with E-state index < -0.39 is 20.2 Å². The van der Waals surface area contributed by atoms with Gasteiger partial charge in [-0.1, -0.05) is 172 Å². The molecule has 1 heterocycles. The van der Waals surface area contributed by atoms with E-state index in [1.54, 1.807) is 23.0 Å². The predicted octanol–water partition coefficient (Wildman–Crippen LogP) is 13.0. The van der Waals surface area contributed by atoms with Crippen LogP contribution in [0.1, 0.15) is 81.3 Å². The highest BCUT2D eigenvalue weighted by Crippen LogP contribution is 2.22. The van der Waals surface area contributed by atoms with Crippen molar-refractivity contribution in [2.75, 3.05) is 70.7 Å². The highest BCUT2D eigenvalue weighted by atomic mass is 32.2. The third-order valence-corrected chi connectivity index (χ3v) is 14.5. The Balaban J connectivity index is 0.000000334. The van der Waals surface area contributed by atoms with Gasteiger partial charge in [0, 0.05) is 37.8 Å². The maximum atomic E-state index is 12.2. The Hall–Kier alpha value is -7.88. The van der Waals surface area contributed by atoms with Crippen molar-refractivity contribution < 1.29 is 44.1 Å². The Labute approximate surface area is 497 Å². The van der Waals surface area contributed by atoms with Gasteiger partial charge in [-0.05, 0) is 106 Å². The molecule has 1 aromatic heterocycles. The van der Waals surface area contributed by atoms with Gasteiger partial charge in [-0.2, -0.15) is 22.1 Å². The molecule has 0 fully saturated rings. The summed E-state index contributed by atoms with van der Waals surface area (Å²) in [5.41, 5.74) is 13.2. The standard InChI is InChI=1S/C28H31N3O5S.C16H19N3O4S.C12H12O.C6H15N.C2H3N/c1-2-23-9-11-24(12-10-23)21-34-22-27-20-31(30-29-27)15-5-18-37(32,33)36-17-6-16-35-28-14-13-25-7-3-4-8-26(25)19-28;17-19-18-9-3-12-24(20,21)23-11-4-10-22-16-8-7-14-5-1-2-6-15(14)13-16;1-3-9-13-10-12-7-5-11(4-2)6-8-12;1-4-7(5-2)6-3;1-2-3/h2-4,7-14,19-20H,1,5-6,15-18,21-22H2;1-2,5-8,13H,3-4,9-12H2;1,4-8H,2,9-10H2;4-6H2,1-3H3;1H3. The molecule has 0 saturated heterocycles. The van der Waals surface area contributed by atoms with Crippen LogP contribution in [0, 0.1) is 23.7 Å². The zero-order valence-electron chi connectivity index (χ0n) is 48.8. The fourth-order valence-electron chi connectivity index (χ4n) is 7.45. The molecule has 0 aliphatic rings. The average molecular weight is 1190 g/mol. The third kappa shape index (κ3) is 30.4. The van der Waals surface area contributed by atoms with Gasteiger partial charge in [0.2, 0.25) is 0 Å². The molecule has 0 N–H and O–H groups in total. The lowest BCUT2D eigenvalue weighted by atomic mass is 10.1. The fourth-order valence-corrected chi connectivity index (χ4v) is 9.39. The maximum absolute atomic E-state index is 12.2. The van der Waals surface area contributed by atoms with Gasteiger partial charge in [-0.15, -0.1) is 11.5 Å². The maximum Gasteiger partial charge on any atom is 0.267 e. The van der Waals surface area contributed by atoms with Gasteiger partial charge in [0.15, 0.2) is 0 Å². The lowest BCUT2D eigenvalue weighted by molar-refractivity contribution is 0.104. The molecule has 20 heteroatoms. The summed E-state index contributed by atoms with van der Waals surface area (Å²) >= 11 is 0. The van der Waals surface area contributed by atoms with Gasteiger partial charge in [0.1, 0.15) is 23.8 Å². The van der Waals surface area contributed by atoms with Crippen LogP contribution in [0.2, 0.25) is 0 Å². The molecule has 6 aromatic carbocycles. The van der Waals surface area contributed by atoms with Crippen LogP contribution in [0.5, 0.6) is 11.5 Å². The van der Waals surface area contributed by atoms with E-state index in [1.165, 1.54) is 26.6 Å². The molecule has 0 atom stereocenters. The number of fused-ring (bicyclic) bond motifs is 2. The van der Waals surface area contributed by atoms with E-state index in [-0.39, 0.29) is 37.7 Å². The van der Waals surface area contributed by atoms with E-state index >= 15 is 0 Å². The second kappa shape index (κ2) is 42.0. The van der Waals surface area contributed by atoms with Crippen molar-refractivity contribution in [2.45, 2.75) is 79.7 Å². The number of nitriles is 1. The Kier molecular flexibility index (Phi) is 35.2. The largest absolute Gasteiger partial charge is 0.493 e. The smallest absolute Gasteiger partial charge is 0.267 e. The molecule has 0 saturated carbocycles. The first-order valence-corrected chi connectivity index (χ1v) is 30.8. The van der Waals surface area contributed by atoms with Crippen LogP contribution in [0.25, 0.3) is 44.1 Å². The van der Waals surface area contributed by atoms with Crippen molar-refractivity contribution in [1.29, 1.82) is 5.26 Å². The zero-order chi connectivity index (χ0) is 61.1. The number of hydrogen-bond acceptors (Lipinski definition) is 15. The van der Waals surface area contributed by atoms with Gasteiger partial charge in [0.05, 0.1) is 70.0 Å². The Morgan fingerprint density at radius 1 is 0.655 bits per heavy atom. The van der Waals surface area contributed by atoms with Gasteiger partial charge in [0.25, 0.3) is 20.2 Å². The molecule has 0 spiro atoms. The SMILES string of the molecule is C#CCOCc1ccc(C=C)cc1.C=Cc1ccc(COCc2cn(CCCS(=O)(=O)OCCCOc3ccc4ccccc4c3)nn2)cc1.CC#N.CCN(CC)CC.[N-]=[N+]=NCCCS(=O)(=O)OCCCOc1ccc2ccccc2c1. The molecule has 0 bridgehead atoms. The second-order valence-corrected chi connectivity index (χ2v) is 21.7. The number of aromatic nitrogens is 3. The summed E-state index contributed by atoms with van der Waals surface area (Å²) in [5, 5.41) is 23.2. The second-order valence-electron chi connectivity index (χ2n) is 18.1. The quantitative estimate of drug-likeness (QED) is 0.00954. The number of benzene rings is 6. The number of aryl methyl sites for hydroxylation is 1.